The SMILES string of the molecule is COC(=O)c1cccc(NC(=N)c2ccc(-c3ccc(C(N)=O)c(C(N)=O)c3)c(C(=O)O)c2C(=N)Nc2ccc(C(=O)O)cc2)c1. The van der Waals surface area contributed by atoms with Gasteiger partial charge in [-0.25, -0.2) is 14.4 Å². The monoisotopic (exact) mass is 622 g/mol. The molecule has 0 aliphatic heterocycles. The highest BCUT2D eigenvalue weighted by Crippen LogP contribution is 2.32. The summed E-state index contributed by atoms with van der Waals surface area (Å²) in [5.74, 6) is -6.02. The van der Waals surface area contributed by atoms with Crippen LogP contribution in [0.5, 0.6) is 0 Å². The van der Waals surface area contributed by atoms with E-state index in [1.54, 1.807) is 12.1 Å². The molecule has 14 heteroatoms. The van der Waals surface area contributed by atoms with Crippen LogP contribution in [0.15, 0.2) is 78.9 Å². The number of benzene rings is 4. The molecule has 4 aromatic rings. The van der Waals surface area contributed by atoms with E-state index in [0.29, 0.717) is 0 Å². The third kappa shape index (κ3) is 6.70. The first-order chi connectivity index (χ1) is 21.8. The summed E-state index contributed by atoms with van der Waals surface area (Å²) in [6, 6.07) is 17.9. The van der Waals surface area contributed by atoms with E-state index in [9.17, 15) is 34.2 Å². The maximum Gasteiger partial charge on any atom is 0.337 e. The quantitative estimate of drug-likeness (QED) is 0.0723. The minimum atomic E-state index is -1.50. The smallest absolute Gasteiger partial charge is 0.337 e. The number of ether oxygens (including phenoxy) is 1. The average Bonchev–Trinajstić information content (AvgIpc) is 3.03. The number of amidine groups is 2. The van der Waals surface area contributed by atoms with Crippen molar-refractivity contribution in [1.29, 1.82) is 10.8 Å². The summed E-state index contributed by atoms with van der Waals surface area (Å²) < 4.78 is 4.74. The van der Waals surface area contributed by atoms with Crippen molar-refractivity contribution in [2.45, 2.75) is 0 Å². The number of carbonyl (C=O) groups excluding carboxylic acids is 3. The standard InChI is InChI=1S/C32H26N6O8/c1-46-32(45)17-3-2-4-19(13-17)38-26(33)22-12-11-20(16-7-10-21(28(35)39)23(14-16)29(36)40)25(31(43)44)24(22)27(34)37-18-8-5-15(6-9-18)30(41)42/h2-14H,1H3,(H2,33,38)(H2,34,37)(H2,35,39)(H2,36,40)(H,41,42)(H,43,44). The molecule has 0 aliphatic rings. The molecular formula is C32H26N6O8. The van der Waals surface area contributed by atoms with Crippen LogP contribution < -0.4 is 22.1 Å². The van der Waals surface area contributed by atoms with Gasteiger partial charge in [-0.1, -0.05) is 18.2 Å². The summed E-state index contributed by atoms with van der Waals surface area (Å²) in [6.45, 7) is 0. The molecule has 0 fully saturated rings. The zero-order valence-corrected chi connectivity index (χ0v) is 24.0. The predicted molar refractivity (Wildman–Crippen MR) is 168 cm³/mol. The van der Waals surface area contributed by atoms with Crippen molar-refractivity contribution >= 4 is 52.8 Å². The van der Waals surface area contributed by atoms with Gasteiger partial charge in [0.05, 0.1) is 34.9 Å². The number of esters is 1. The summed E-state index contributed by atoms with van der Waals surface area (Å²) in [5.41, 5.74) is 10.5. The molecule has 0 bridgehead atoms. The molecule has 46 heavy (non-hydrogen) atoms. The summed E-state index contributed by atoms with van der Waals surface area (Å²) in [7, 11) is 1.22. The molecule has 2 amide bonds. The summed E-state index contributed by atoms with van der Waals surface area (Å²) in [6.07, 6.45) is 0. The minimum Gasteiger partial charge on any atom is -0.478 e. The van der Waals surface area contributed by atoms with Crippen LogP contribution in [0.4, 0.5) is 11.4 Å². The Morgan fingerprint density at radius 2 is 1.28 bits per heavy atom. The second kappa shape index (κ2) is 13.2. The molecule has 0 aromatic heterocycles. The molecule has 4 rings (SSSR count). The van der Waals surface area contributed by atoms with E-state index in [2.05, 4.69) is 10.6 Å². The minimum absolute atomic E-state index is 0.0121. The molecule has 14 nitrogen and oxygen atoms in total. The second-order valence-electron chi connectivity index (χ2n) is 9.66. The van der Waals surface area contributed by atoms with Gasteiger partial charge in [0.15, 0.2) is 0 Å². The van der Waals surface area contributed by atoms with Gasteiger partial charge < -0.3 is 37.1 Å². The van der Waals surface area contributed by atoms with E-state index in [1.807, 2.05) is 0 Å². The largest absolute Gasteiger partial charge is 0.478 e. The first-order valence-corrected chi connectivity index (χ1v) is 13.2. The number of aromatic carboxylic acids is 2. The summed E-state index contributed by atoms with van der Waals surface area (Å²) >= 11 is 0. The lowest BCUT2D eigenvalue weighted by molar-refractivity contribution is 0.0599. The number of hydrogen-bond donors (Lipinski definition) is 8. The number of anilines is 2. The van der Waals surface area contributed by atoms with Gasteiger partial charge in [-0.05, 0) is 71.8 Å². The number of hydrogen-bond acceptors (Lipinski definition) is 8. The molecule has 0 unspecified atom stereocenters. The van der Waals surface area contributed by atoms with Crippen molar-refractivity contribution in [3.63, 3.8) is 0 Å². The molecule has 0 saturated heterocycles. The fraction of sp³-hybridized carbons (Fsp3) is 0.0312. The van der Waals surface area contributed by atoms with Gasteiger partial charge in [0.1, 0.15) is 11.7 Å². The van der Waals surface area contributed by atoms with Gasteiger partial charge in [-0.2, -0.15) is 0 Å². The topological polar surface area (TPSA) is 259 Å². The maximum absolute atomic E-state index is 12.9. The van der Waals surface area contributed by atoms with Gasteiger partial charge in [-0.3, -0.25) is 20.4 Å². The van der Waals surface area contributed by atoms with Crippen molar-refractivity contribution in [1.82, 2.24) is 0 Å². The van der Waals surface area contributed by atoms with Crippen LogP contribution in [0.2, 0.25) is 0 Å². The number of rotatable bonds is 10. The first-order valence-electron chi connectivity index (χ1n) is 13.2. The number of nitrogens with two attached hydrogens (primary N) is 2. The normalized spacial score (nSPS) is 10.4. The molecule has 0 aliphatic carbocycles. The average molecular weight is 623 g/mol. The molecule has 4 aromatic carbocycles. The predicted octanol–water partition coefficient (Wildman–Crippen LogP) is 3.61. The van der Waals surface area contributed by atoms with Crippen LogP contribution in [0, 0.1) is 10.8 Å². The highest BCUT2D eigenvalue weighted by molar-refractivity contribution is 6.22. The number of primary amides is 2. The van der Waals surface area contributed by atoms with E-state index in [-0.39, 0.29) is 61.7 Å². The van der Waals surface area contributed by atoms with E-state index >= 15 is 0 Å². The number of methoxy groups -OCH3 is 1. The van der Waals surface area contributed by atoms with Crippen molar-refractivity contribution < 1.29 is 38.9 Å². The zero-order chi connectivity index (χ0) is 33.7. The van der Waals surface area contributed by atoms with Gasteiger partial charge in [0, 0.05) is 22.5 Å². The summed E-state index contributed by atoms with van der Waals surface area (Å²) in [5, 5.41) is 43.0. The molecule has 0 spiro atoms. The Balaban J connectivity index is 1.90. The maximum atomic E-state index is 12.9. The number of amides is 2. The Bertz CT molecular complexity index is 1950. The molecule has 0 radical (unpaired) electrons. The lowest BCUT2D eigenvalue weighted by Crippen LogP contribution is -2.24. The molecule has 0 heterocycles. The van der Waals surface area contributed by atoms with Crippen LogP contribution >= 0.6 is 0 Å². The van der Waals surface area contributed by atoms with E-state index in [1.165, 1.54) is 73.8 Å². The molecule has 0 saturated carbocycles. The highest BCUT2D eigenvalue weighted by Gasteiger charge is 2.26. The number of nitrogens with one attached hydrogen (secondary N) is 4. The van der Waals surface area contributed by atoms with Crippen molar-refractivity contribution in [3.05, 3.63) is 118 Å². The molecule has 232 valence electrons. The third-order valence-corrected chi connectivity index (χ3v) is 6.75. The number of carboxylic acids is 2. The van der Waals surface area contributed by atoms with E-state index < -0.39 is 41.1 Å². The molecule has 0 atom stereocenters. The first kappa shape index (κ1) is 32.1. The van der Waals surface area contributed by atoms with Crippen LogP contribution in [-0.4, -0.2) is 58.7 Å². The van der Waals surface area contributed by atoms with E-state index in [4.69, 9.17) is 27.0 Å². The van der Waals surface area contributed by atoms with Crippen LogP contribution in [0.3, 0.4) is 0 Å². The van der Waals surface area contributed by atoms with Gasteiger partial charge >= 0.3 is 17.9 Å². The second-order valence-corrected chi connectivity index (χ2v) is 9.66. The van der Waals surface area contributed by atoms with Gasteiger partial charge in [0.25, 0.3) is 0 Å². The number of carbonyl (C=O) groups is 5. The van der Waals surface area contributed by atoms with Crippen LogP contribution in [-0.2, 0) is 4.74 Å². The zero-order valence-electron chi connectivity index (χ0n) is 24.0. The Kier molecular flexibility index (Phi) is 9.22. The van der Waals surface area contributed by atoms with E-state index in [0.717, 1.165) is 0 Å². The number of carboxylic acid groups (broad SMARTS) is 2. The summed E-state index contributed by atoms with van der Waals surface area (Å²) in [4.78, 5) is 60.2. The molecular weight excluding hydrogens is 596 g/mol. The van der Waals surface area contributed by atoms with Crippen molar-refractivity contribution in [2.24, 2.45) is 11.5 Å². The lowest BCUT2D eigenvalue weighted by atomic mass is 9.89. The fourth-order valence-corrected chi connectivity index (χ4v) is 4.62. The van der Waals surface area contributed by atoms with Crippen LogP contribution in [0.1, 0.15) is 62.9 Å². The van der Waals surface area contributed by atoms with Crippen molar-refractivity contribution in [3.8, 4) is 11.1 Å². The Morgan fingerprint density at radius 1 is 0.652 bits per heavy atom. The third-order valence-electron chi connectivity index (χ3n) is 6.75. The molecule has 10 N–H and O–H groups in total. The lowest BCUT2D eigenvalue weighted by Gasteiger charge is -2.20. The Labute approximate surface area is 260 Å². The Morgan fingerprint density at radius 3 is 1.87 bits per heavy atom. The van der Waals surface area contributed by atoms with Crippen molar-refractivity contribution in [2.75, 3.05) is 17.7 Å². The van der Waals surface area contributed by atoms with Crippen LogP contribution in [0.25, 0.3) is 11.1 Å². The highest BCUT2D eigenvalue weighted by atomic mass is 16.5. The fourth-order valence-electron chi connectivity index (χ4n) is 4.62. The van der Waals surface area contributed by atoms with Gasteiger partial charge in [0.2, 0.25) is 11.8 Å². The van der Waals surface area contributed by atoms with Gasteiger partial charge in [-0.15, -0.1) is 0 Å². The Hall–Kier alpha value is -6.83.